The maximum absolute atomic E-state index is 13.1. The lowest BCUT2D eigenvalue weighted by atomic mass is 9.97. The molecule has 2 rings (SSSR count). The summed E-state index contributed by atoms with van der Waals surface area (Å²) in [5, 5.41) is 0.350. The topological polar surface area (TPSA) is 46.3 Å². The van der Waals surface area contributed by atoms with Crippen molar-refractivity contribution in [3.8, 4) is 0 Å². The second-order valence-electron chi connectivity index (χ2n) is 4.98. The quantitative estimate of drug-likeness (QED) is 0.850. The van der Waals surface area contributed by atoms with Gasteiger partial charge in [-0.1, -0.05) is 23.2 Å². The van der Waals surface area contributed by atoms with Crippen LogP contribution in [0.25, 0.3) is 0 Å². The van der Waals surface area contributed by atoms with Crippen molar-refractivity contribution in [2.75, 3.05) is 6.54 Å². The largest absolute Gasteiger partial charge is 0.408 e. The minimum absolute atomic E-state index is 0.0627. The van der Waals surface area contributed by atoms with Crippen LogP contribution in [0.15, 0.2) is 18.2 Å². The lowest BCUT2D eigenvalue weighted by Crippen LogP contribution is -2.56. The Morgan fingerprint density at radius 3 is 2.48 bits per heavy atom. The van der Waals surface area contributed by atoms with Crippen LogP contribution in [-0.2, 0) is 0 Å². The average molecular weight is 341 g/mol. The van der Waals surface area contributed by atoms with Crippen molar-refractivity contribution in [2.24, 2.45) is 5.73 Å². The van der Waals surface area contributed by atoms with E-state index >= 15 is 0 Å². The zero-order valence-electron chi connectivity index (χ0n) is 10.8. The molecular formula is C13H13Cl2F3N2O. The van der Waals surface area contributed by atoms with E-state index in [2.05, 4.69) is 0 Å². The van der Waals surface area contributed by atoms with Gasteiger partial charge in [0.2, 0.25) is 0 Å². The monoisotopic (exact) mass is 340 g/mol. The van der Waals surface area contributed by atoms with Gasteiger partial charge in [-0.25, -0.2) is 0 Å². The Morgan fingerprint density at radius 1 is 1.24 bits per heavy atom. The van der Waals surface area contributed by atoms with Gasteiger partial charge in [0.05, 0.1) is 10.0 Å². The van der Waals surface area contributed by atoms with Crippen LogP contribution in [-0.4, -0.2) is 35.6 Å². The number of halogens is 5. The molecule has 8 heteroatoms. The fourth-order valence-corrected chi connectivity index (χ4v) is 2.66. The van der Waals surface area contributed by atoms with Crippen molar-refractivity contribution in [2.45, 2.75) is 31.1 Å². The molecule has 1 heterocycles. The second kappa shape index (κ2) is 6.02. The third-order valence-corrected chi connectivity index (χ3v) is 4.16. The Kier molecular flexibility index (Phi) is 4.70. The normalized spacial score (nSPS) is 23.2. The summed E-state index contributed by atoms with van der Waals surface area (Å²) in [7, 11) is 0. The standard InChI is InChI=1S/C13H13Cl2F3N2O/c14-9-3-1-7(5-10(9)15)12(21)20-6-8(19)2-4-11(20)13(16,17)18/h1,3,5,8,11H,2,4,6,19H2. The molecule has 21 heavy (non-hydrogen) atoms. The molecule has 1 aromatic carbocycles. The number of benzene rings is 1. The number of hydrogen-bond acceptors (Lipinski definition) is 2. The number of likely N-dealkylation sites (tertiary alicyclic amines) is 1. The fourth-order valence-electron chi connectivity index (χ4n) is 2.36. The summed E-state index contributed by atoms with van der Waals surface area (Å²) in [6.07, 6.45) is -4.45. The first-order valence-corrected chi connectivity index (χ1v) is 7.04. The third-order valence-electron chi connectivity index (χ3n) is 3.42. The van der Waals surface area contributed by atoms with Crippen LogP contribution in [0.1, 0.15) is 23.2 Å². The summed E-state index contributed by atoms with van der Waals surface area (Å²) in [4.78, 5) is 13.1. The smallest absolute Gasteiger partial charge is 0.326 e. The van der Waals surface area contributed by atoms with Crippen LogP contribution < -0.4 is 5.73 Å². The van der Waals surface area contributed by atoms with Crippen LogP contribution in [0, 0.1) is 0 Å². The van der Waals surface area contributed by atoms with Gasteiger partial charge in [-0.3, -0.25) is 4.79 Å². The Bertz CT molecular complexity index is 551. The van der Waals surface area contributed by atoms with Crippen molar-refractivity contribution < 1.29 is 18.0 Å². The first kappa shape index (κ1) is 16.4. The van der Waals surface area contributed by atoms with Gasteiger partial charge in [0.25, 0.3) is 5.91 Å². The number of nitrogens with two attached hydrogens (primary N) is 1. The van der Waals surface area contributed by atoms with Gasteiger partial charge < -0.3 is 10.6 Å². The molecule has 2 atom stereocenters. The molecule has 0 radical (unpaired) electrons. The summed E-state index contributed by atoms with van der Waals surface area (Å²) in [6.45, 7) is -0.136. The number of piperidine rings is 1. The van der Waals surface area contributed by atoms with Crippen LogP contribution in [0.5, 0.6) is 0 Å². The Hall–Kier alpha value is -0.980. The number of rotatable bonds is 1. The highest BCUT2D eigenvalue weighted by Gasteiger charge is 2.47. The molecule has 1 amide bonds. The third kappa shape index (κ3) is 3.62. The van der Waals surface area contributed by atoms with E-state index < -0.39 is 24.2 Å². The summed E-state index contributed by atoms with van der Waals surface area (Å²) in [6, 6.07) is 1.71. The summed E-state index contributed by atoms with van der Waals surface area (Å²) < 4.78 is 39.2. The van der Waals surface area contributed by atoms with Gasteiger partial charge in [0.1, 0.15) is 6.04 Å². The lowest BCUT2D eigenvalue weighted by molar-refractivity contribution is -0.184. The number of amides is 1. The molecule has 1 aliphatic heterocycles. The maximum atomic E-state index is 13.1. The van der Waals surface area contributed by atoms with Gasteiger partial charge in [-0.2, -0.15) is 13.2 Å². The number of nitrogens with zero attached hydrogens (tertiary/aromatic N) is 1. The van der Waals surface area contributed by atoms with Crippen molar-refractivity contribution in [3.63, 3.8) is 0 Å². The van der Waals surface area contributed by atoms with Gasteiger partial charge in [-0.05, 0) is 31.0 Å². The highest BCUT2D eigenvalue weighted by atomic mass is 35.5. The molecule has 1 fully saturated rings. The number of carbonyl (C=O) groups is 1. The van der Waals surface area contributed by atoms with E-state index in [-0.39, 0.29) is 35.0 Å². The zero-order chi connectivity index (χ0) is 15.8. The fraction of sp³-hybridized carbons (Fsp3) is 0.462. The number of hydrogen-bond donors (Lipinski definition) is 1. The minimum atomic E-state index is -4.48. The molecule has 0 aromatic heterocycles. The number of alkyl halides is 3. The molecule has 1 aliphatic rings. The van der Waals surface area contributed by atoms with E-state index in [0.717, 1.165) is 4.90 Å². The van der Waals surface area contributed by atoms with Crippen molar-refractivity contribution in [3.05, 3.63) is 33.8 Å². The Labute approximate surface area is 129 Å². The van der Waals surface area contributed by atoms with E-state index in [1.54, 1.807) is 0 Å². The molecular weight excluding hydrogens is 328 g/mol. The van der Waals surface area contributed by atoms with Gasteiger partial charge >= 0.3 is 6.18 Å². The van der Waals surface area contributed by atoms with Crippen LogP contribution in [0.4, 0.5) is 13.2 Å². The van der Waals surface area contributed by atoms with Crippen molar-refractivity contribution >= 4 is 29.1 Å². The molecule has 3 nitrogen and oxygen atoms in total. The molecule has 116 valence electrons. The molecule has 1 saturated heterocycles. The Morgan fingerprint density at radius 2 is 1.90 bits per heavy atom. The molecule has 2 N–H and O–H groups in total. The van der Waals surface area contributed by atoms with E-state index in [4.69, 9.17) is 28.9 Å². The summed E-state index contributed by atoms with van der Waals surface area (Å²) in [5.41, 5.74) is 5.75. The van der Waals surface area contributed by atoms with Crippen LogP contribution in [0.2, 0.25) is 10.0 Å². The zero-order valence-corrected chi connectivity index (χ0v) is 12.3. The summed E-state index contributed by atoms with van der Waals surface area (Å²) in [5.74, 6) is -0.744. The predicted molar refractivity (Wildman–Crippen MR) is 74.6 cm³/mol. The van der Waals surface area contributed by atoms with Crippen molar-refractivity contribution in [1.29, 1.82) is 0 Å². The van der Waals surface area contributed by atoms with E-state index in [0.29, 0.717) is 0 Å². The van der Waals surface area contributed by atoms with Crippen molar-refractivity contribution in [1.82, 2.24) is 4.90 Å². The molecule has 0 aliphatic carbocycles. The van der Waals surface area contributed by atoms with E-state index in [1.807, 2.05) is 0 Å². The van der Waals surface area contributed by atoms with Gasteiger partial charge in [0, 0.05) is 18.2 Å². The predicted octanol–water partition coefficient (Wildman–Crippen LogP) is 3.49. The molecule has 0 spiro atoms. The molecule has 1 aromatic rings. The molecule has 0 saturated carbocycles. The SMILES string of the molecule is NC1CCC(C(F)(F)F)N(C(=O)c2ccc(Cl)c(Cl)c2)C1. The first-order valence-electron chi connectivity index (χ1n) is 6.28. The van der Waals surface area contributed by atoms with E-state index in [1.165, 1.54) is 18.2 Å². The molecule has 0 bridgehead atoms. The maximum Gasteiger partial charge on any atom is 0.408 e. The molecule has 2 unspecified atom stereocenters. The summed E-state index contributed by atoms with van der Waals surface area (Å²) >= 11 is 11.5. The number of carbonyl (C=O) groups excluding carboxylic acids is 1. The first-order chi connectivity index (χ1) is 9.70. The van der Waals surface area contributed by atoms with E-state index in [9.17, 15) is 18.0 Å². The highest BCUT2D eigenvalue weighted by molar-refractivity contribution is 6.42. The van der Waals surface area contributed by atoms with Crippen LogP contribution in [0.3, 0.4) is 0 Å². The van der Waals surface area contributed by atoms with Gasteiger partial charge in [-0.15, -0.1) is 0 Å². The average Bonchev–Trinajstić information content (AvgIpc) is 2.39. The highest BCUT2D eigenvalue weighted by Crippen LogP contribution is 2.33. The minimum Gasteiger partial charge on any atom is -0.326 e. The second-order valence-corrected chi connectivity index (χ2v) is 5.80. The van der Waals surface area contributed by atoms with Crippen LogP contribution >= 0.6 is 23.2 Å². The lowest BCUT2D eigenvalue weighted by Gasteiger charge is -2.39. The van der Waals surface area contributed by atoms with Gasteiger partial charge in [0.15, 0.2) is 0 Å². The Balaban J connectivity index is 2.31.